The second-order valence-corrected chi connectivity index (χ2v) is 7.85. The summed E-state index contributed by atoms with van der Waals surface area (Å²) in [5.74, 6) is -0.510. The first-order chi connectivity index (χ1) is 12.8. The highest BCUT2D eigenvalue weighted by Crippen LogP contribution is 2.36. The molecule has 10 heteroatoms. The van der Waals surface area contributed by atoms with E-state index in [-0.39, 0.29) is 21.4 Å². The van der Waals surface area contributed by atoms with Crippen LogP contribution in [-0.4, -0.2) is 15.9 Å². The van der Waals surface area contributed by atoms with E-state index in [1.807, 2.05) is 0 Å². The molecule has 0 radical (unpaired) electrons. The van der Waals surface area contributed by atoms with Crippen molar-refractivity contribution >= 4 is 79.2 Å². The summed E-state index contributed by atoms with van der Waals surface area (Å²) in [6.07, 6.45) is 0. The molecule has 0 fully saturated rings. The summed E-state index contributed by atoms with van der Waals surface area (Å²) in [5.41, 5.74) is 0.782. The Morgan fingerprint density at radius 2 is 1.96 bits per heavy atom. The van der Waals surface area contributed by atoms with E-state index in [1.165, 1.54) is 23.5 Å². The number of nitrogens with zero attached hydrogens (tertiary/aromatic N) is 1. The van der Waals surface area contributed by atoms with Gasteiger partial charge in [0.05, 0.1) is 9.95 Å². The number of nitrogens with one attached hydrogen (secondary N) is 2. The maximum Gasteiger partial charge on any atom is 0.292 e. The minimum atomic E-state index is -0.521. The van der Waals surface area contributed by atoms with E-state index in [4.69, 9.17) is 35.4 Å². The second-order valence-electron chi connectivity index (χ2n) is 5.57. The maximum absolute atomic E-state index is 12.5. The lowest BCUT2D eigenvalue weighted by atomic mass is 10.2. The zero-order chi connectivity index (χ0) is 19.7. The molecule has 1 aromatic heterocycles. The molecule has 0 saturated heterocycles. The average molecular weight is 440 g/mol. The fourth-order valence-corrected chi connectivity index (χ4v) is 4.29. The Morgan fingerprint density at radius 1 is 1.22 bits per heavy atom. The Morgan fingerprint density at radius 3 is 2.67 bits per heavy atom. The molecule has 1 amide bonds. The van der Waals surface area contributed by atoms with Crippen molar-refractivity contribution in [3.05, 3.63) is 67.0 Å². The lowest BCUT2D eigenvalue weighted by Crippen LogP contribution is -2.34. The third-order valence-corrected chi connectivity index (χ3v) is 5.72. The van der Waals surface area contributed by atoms with Gasteiger partial charge in [0.1, 0.15) is 10.6 Å². The first kappa shape index (κ1) is 19.5. The molecule has 0 aliphatic carbocycles. The molecule has 6 nitrogen and oxygen atoms in total. The number of hydrogen-bond donors (Lipinski definition) is 2. The molecule has 0 bridgehead atoms. The number of halogens is 2. The van der Waals surface area contributed by atoms with Gasteiger partial charge in [0, 0.05) is 21.2 Å². The number of nitro benzene ring substituents is 1. The van der Waals surface area contributed by atoms with Gasteiger partial charge in [0.25, 0.3) is 11.6 Å². The Balaban J connectivity index is 1.80. The number of aryl methyl sites for hydroxylation is 1. The number of benzene rings is 2. The molecule has 138 valence electrons. The van der Waals surface area contributed by atoms with Crippen molar-refractivity contribution in [3.8, 4) is 0 Å². The number of fused-ring (bicyclic) bond motifs is 1. The van der Waals surface area contributed by atoms with E-state index in [0.717, 1.165) is 10.3 Å². The van der Waals surface area contributed by atoms with Gasteiger partial charge >= 0.3 is 0 Å². The number of amides is 1. The topological polar surface area (TPSA) is 84.3 Å². The first-order valence-corrected chi connectivity index (χ1v) is 9.49. The molecule has 0 spiro atoms. The summed E-state index contributed by atoms with van der Waals surface area (Å²) in [5, 5.41) is 17.8. The second kappa shape index (κ2) is 7.77. The van der Waals surface area contributed by atoms with Crippen LogP contribution in [0.15, 0.2) is 36.4 Å². The van der Waals surface area contributed by atoms with Gasteiger partial charge in [-0.25, -0.2) is 0 Å². The highest BCUT2D eigenvalue weighted by atomic mass is 35.5. The van der Waals surface area contributed by atoms with Gasteiger partial charge in [-0.05, 0) is 42.9 Å². The van der Waals surface area contributed by atoms with Gasteiger partial charge in [-0.15, -0.1) is 11.3 Å². The highest BCUT2D eigenvalue weighted by molar-refractivity contribution is 7.80. The van der Waals surface area contributed by atoms with Crippen LogP contribution in [0.25, 0.3) is 10.1 Å². The first-order valence-electron chi connectivity index (χ1n) is 7.51. The van der Waals surface area contributed by atoms with Crippen LogP contribution in [0.4, 0.5) is 11.4 Å². The molecule has 2 N–H and O–H groups in total. The van der Waals surface area contributed by atoms with Gasteiger partial charge < -0.3 is 5.32 Å². The summed E-state index contributed by atoms with van der Waals surface area (Å²) in [7, 11) is 0. The minimum Gasteiger partial charge on any atom is -0.327 e. The molecule has 0 atom stereocenters. The number of hydrogen-bond acceptors (Lipinski definition) is 5. The molecule has 0 aliphatic rings. The summed E-state index contributed by atoms with van der Waals surface area (Å²) in [4.78, 5) is 23.4. The lowest BCUT2D eigenvalue weighted by Gasteiger charge is -2.10. The van der Waals surface area contributed by atoms with E-state index in [9.17, 15) is 14.9 Å². The zero-order valence-electron chi connectivity index (χ0n) is 13.7. The van der Waals surface area contributed by atoms with Gasteiger partial charge in [0.15, 0.2) is 5.11 Å². The molecule has 27 heavy (non-hydrogen) atoms. The number of thiocarbonyl (C=S) groups is 1. The predicted octanol–water partition coefficient (Wildman–Crippen LogP) is 5.55. The van der Waals surface area contributed by atoms with Gasteiger partial charge in [-0.1, -0.05) is 35.3 Å². The monoisotopic (exact) mass is 439 g/mol. The van der Waals surface area contributed by atoms with Crippen molar-refractivity contribution in [1.82, 2.24) is 5.32 Å². The molecule has 3 rings (SSSR count). The summed E-state index contributed by atoms with van der Waals surface area (Å²) >= 11 is 18.5. The van der Waals surface area contributed by atoms with Crippen LogP contribution in [0.3, 0.4) is 0 Å². The molecule has 1 heterocycles. The molecule has 2 aromatic carbocycles. The van der Waals surface area contributed by atoms with Crippen LogP contribution < -0.4 is 10.6 Å². The number of nitro groups is 1. The van der Waals surface area contributed by atoms with Gasteiger partial charge in [-0.3, -0.25) is 20.2 Å². The average Bonchev–Trinajstić information content (AvgIpc) is 2.92. The molecular weight excluding hydrogens is 429 g/mol. The van der Waals surface area contributed by atoms with Crippen LogP contribution in [-0.2, 0) is 0 Å². The van der Waals surface area contributed by atoms with Crippen LogP contribution in [0, 0.1) is 17.0 Å². The SMILES string of the molecule is Cc1ccc(NC(=S)NC(=O)c2sc3cc(Cl)ccc3c2Cl)c([N+](=O)[O-])c1. The zero-order valence-corrected chi connectivity index (χ0v) is 16.9. The molecule has 0 unspecified atom stereocenters. The van der Waals surface area contributed by atoms with Crippen molar-refractivity contribution in [2.45, 2.75) is 6.92 Å². The van der Waals surface area contributed by atoms with Crippen molar-refractivity contribution in [2.24, 2.45) is 0 Å². The van der Waals surface area contributed by atoms with Gasteiger partial charge in [-0.2, -0.15) is 0 Å². The Hall–Kier alpha value is -2.26. The minimum absolute atomic E-state index is 0.0708. The number of thiophene rings is 1. The number of carbonyl (C=O) groups is 1. The fraction of sp³-hybridized carbons (Fsp3) is 0.0588. The van der Waals surface area contributed by atoms with E-state index < -0.39 is 10.8 Å². The van der Waals surface area contributed by atoms with Crippen molar-refractivity contribution < 1.29 is 9.72 Å². The molecule has 0 aliphatic heterocycles. The number of rotatable bonds is 3. The Bertz CT molecular complexity index is 1100. The fourth-order valence-electron chi connectivity index (χ4n) is 2.40. The van der Waals surface area contributed by atoms with Crippen LogP contribution in [0.1, 0.15) is 15.2 Å². The van der Waals surface area contributed by atoms with Crippen molar-refractivity contribution in [3.63, 3.8) is 0 Å². The summed E-state index contributed by atoms with van der Waals surface area (Å²) in [6.45, 7) is 1.74. The van der Waals surface area contributed by atoms with Crippen LogP contribution >= 0.6 is 46.8 Å². The molecule has 0 saturated carbocycles. The largest absolute Gasteiger partial charge is 0.327 e. The Kier molecular flexibility index (Phi) is 5.61. The number of anilines is 1. The predicted molar refractivity (Wildman–Crippen MR) is 113 cm³/mol. The van der Waals surface area contributed by atoms with Crippen molar-refractivity contribution in [1.29, 1.82) is 0 Å². The van der Waals surface area contributed by atoms with Crippen LogP contribution in [0.2, 0.25) is 10.0 Å². The normalized spacial score (nSPS) is 10.6. The molecule has 3 aromatic rings. The maximum atomic E-state index is 12.5. The van der Waals surface area contributed by atoms with E-state index in [2.05, 4.69) is 10.6 Å². The third-order valence-electron chi connectivity index (χ3n) is 3.62. The van der Waals surface area contributed by atoms with E-state index >= 15 is 0 Å². The summed E-state index contributed by atoms with van der Waals surface area (Å²) in [6, 6.07) is 9.79. The van der Waals surface area contributed by atoms with E-state index in [1.54, 1.807) is 31.2 Å². The number of carbonyl (C=O) groups excluding carboxylic acids is 1. The van der Waals surface area contributed by atoms with Gasteiger partial charge in [0.2, 0.25) is 0 Å². The van der Waals surface area contributed by atoms with Crippen LogP contribution in [0.5, 0.6) is 0 Å². The Labute approximate surface area is 173 Å². The standard InChI is InChI=1S/C17H11Cl2N3O3S2/c1-8-2-5-11(12(6-8)22(24)25)20-17(26)21-16(23)15-14(19)10-4-3-9(18)7-13(10)27-15/h2-7H,1H3,(H2,20,21,23,26). The lowest BCUT2D eigenvalue weighted by molar-refractivity contribution is -0.383. The van der Waals surface area contributed by atoms with E-state index in [0.29, 0.717) is 15.4 Å². The smallest absolute Gasteiger partial charge is 0.292 e. The third kappa shape index (κ3) is 4.19. The quantitative estimate of drug-likeness (QED) is 0.317. The molecular formula is C17H11Cl2N3O3S2. The highest BCUT2D eigenvalue weighted by Gasteiger charge is 2.20. The van der Waals surface area contributed by atoms with Crippen molar-refractivity contribution in [2.75, 3.05) is 5.32 Å². The summed E-state index contributed by atoms with van der Waals surface area (Å²) < 4.78 is 0.769.